The van der Waals surface area contributed by atoms with Crippen LogP contribution in [0.2, 0.25) is 0 Å². The van der Waals surface area contributed by atoms with Gasteiger partial charge in [0.15, 0.2) is 5.76 Å². The maximum atomic E-state index is 12.7. The summed E-state index contributed by atoms with van der Waals surface area (Å²) in [6.45, 7) is 4.49. The van der Waals surface area contributed by atoms with E-state index in [0.29, 0.717) is 12.3 Å². The zero-order chi connectivity index (χ0) is 17.1. The second-order valence-electron chi connectivity index (χ2n) is 5.79. The normalized spacial score (nSPS) is 10.8. The Kier molecular flexibility index (Phi) is 4.81. The Morgan fingerprint density at radius 1 is 1.25 bits per heavy atom. The largest absolute Gasteiger partial charge is 0.359 e. The molecule has 24 heavy (non-hydrogen) atoms. The number of aromatic nitrogens is 1. The zero-order valence-electron chi connectivity index (χ0n) is 14.1. The number of aryl methyl sites for hydroxylation is 2. The van der Waals surface area contributed by atoms with Crippen molar-refractivity contribution in [1.82, 2.24) is 10.1 Å². The fourth-order valence-electron chi connectivity index (χ4n) is 2.55. The smallest absolute Gasteiger partial charge is 0.264 e. The molecule has 1 amide bonds. The van der Waals surface area contributed by atoms with E-state index < -0.39 is 0 Å². The van der Waals surface area contributed by atoms with Crippen LogP contribution in [0.4, 0.5) is 0 Å². The number of hydrogen-bond acceptors (Lipinski definition) is 4. The van der Waals surface area contributed by atoms with Crippen molar-refractivity contribution in [2.24, 2.45) is 0 Å². The van der Waals surface area contributed by atoms with Crippen molar-refractivity contribution >= 4 is 17.2 Å². The van der Waals surface area contributed by atoms with E-state index in [9.17, 15) is 4.79 Å². The third kappa shape index (κ3) is 3.41. The van der Waals surface area contributed by atoms with Gasteiger partial charge in [-0.15, -0.1) is 11.3 Å². The molecule has 0 radical (unpaired) electrons. The zero-order valence-corrected chi connectivity index (χ0v) is 14.9. The highest BCUT2D eigenvalue weighted by atomic mass is 32.1. The van der Waals surface area contributed by atoms with E-state index in [-0.39, 0.29) is 5.91 Å². The quantitative estimate of drug-likeness (QED) is 0.685. The highest BCUT2D eigenvalue weighted by Gasteiger charge is 2.18. The number of carbonyl (C=O) groups is 1. The van der Waals surface area contributed by atoms with Crippen LogP contribution in [-0.2, 0) is 13.0 Å². The van der Waals surface area contributed by atoms with Gasteiger partial charge in [-0.05, 0) is 30.5 Å². The number of amides is 1. The predicted octanol–water partition coefficient (Wildman–Crippen LogP) is 4.55. The van der Waals surface area contributed by atoms with Gasteiger partial charge in [-0.1, -0.05) is 42.4 Å². The summed E-state index contributed by atoms with van der Waals surface area (Å²) in [5.74, 6) is 0.707. The van der Waals surface area contributed by atoms with Crippen molar-refractivity contribution in [3.8, 4) is 10.4 Å². The van der Waals surface area contributed by atoms with Crippen molar-refractivity contribution in [2.45, 2.75) is 26.8 Å². The van der Waals surface area contributed by atoms with E-state index in [1.807, 2.05) is 44.2 Å². The first-order valence-electron chi connectivity index (χ1n) is 7.94. The van der Waals surface area contributed by atoms with E-state index in [1.54, 1.807) is 11.9 Å². The highest BCUT2D eigenvalue weighted by Crippen LogP contribution is 2.32. The fraction of sp³-hybridized carbons (Fsp3) is 0.263. The summed E-state index contributed by atoms with van der Waals surface area (Å²) in [4.78, 5) is 16.2. The van der Waals surface area contributed by atoms with Crippen LogP contribution < -0.4 is 0 Å². The number of hydrogen-bond donors (Lipinski definition) is 0. The molecule has 0 aliphatic heterocycles. The average molecular weight is 340 g/mol. The standard InChI is InChI=1S/C19H20N2O2S/c1-4-15-11-16(23-20-15)12-21(3)19(22)17-10-13(2)18(24-17)14-8-6-5-7-9-14/h5-11H,4,12H2,1-3H3. The Bertz CT molecular complexity index is 836. The van der Waals surface area contributed by atoms with Crippen molar-refractivity contribution < 1.29 is 9.32 Å². The third-order valence-corrected chi connectivity index (χ3v) is 5.15. The molecule has 0 atom stereocenters. The van der Waals surface area contributed by atoms with Crippen LogP contribution in [0.15, 0.2) is 47.0 Å². The molecule has 0 aliphatic rings. The van der Waals surface area contributed by atoms with Gasteiger partial charge in [0.1, 0.15) is 0 Å². The van der Waals surface area contributed by atoms with Crippen molar-refractivity contribution in [1.29, 1.82) is 0 Å². The summed E-state index contributed by atoms with van der Waals surface area (Å²) >= 11 is 1.53. The molecule has 0 fully saturated rings. The van der Waals surface area contributed by atoms with E-state index in [1.165, 1.54) is 11.3 Å². The molecule has 0 saturated heterocycles. The minimum atomic E-state index is -0.000250. The molecular weight excluding hydrogens is 320 g/mol. The van der Waals surface area contributed by atoms with Crippen molar-refractivity contribution in [3.63, 3.8) is 0 Å². The lowest BCUT2D eigenvalue weighted by molar-refractivity contribution is 0.0777. The van der Waals surface area contributed by atoms with Crippen LogP contribution in [0.3, 0.4) is 0 Å². The van der Waals surface area contributed by atoms with Gasteiger partial charge in [0.25, 0.3) is 5.91 Å². The first-order valence-corrected chi connectivity index (χ1v) is 8.76. The molecule has 0 N–H and O–H groups in total. The Hall–Kier alpha value is -2.40. The molecular formula is C19H20N2O2S. The molecule has 0 saturated carbocycles. The number of rotatable bonds is 5. The molecule has 0 spiro atoms. The Labute approximate surface area is 145 Å². The topological polar surface area (TPSA) is 46.3 Å². The fourth-order valence-corrected chi connectivity index (χ4v) is 3.73. The molecule has 5 heteroatoms. The summed E-state index contributed by atoms with van der Waals surface area (Å²) < 4.78 is 5.27. The maximum absolute atomic E-state index is 12.7. The van der Waals surface area contributed by atoms with Gasteiger partial charge in [-0.3, -0.25) is 4.79 Å². The van der Waals surface area contributed by atoms with Crippen molar-refractivity contribution in [3.05, 3.63) is 64.4 Å². The Morgan fingerprint density at radius 3 is 2.67 bits per heavy atom. The maximum Gasteiger partial charge on any atom is 0.264 e. The van der Waals surface area contributed by atoms with Gasteiger partial charge in [0.2, 0.25) is 0 Å². The summed E-state index contributed by atoms with van der Waals surface area (Å²) in [5, 5.41) is 3.97. The summed E-state index contributed by atoms with van der Waals surface area (Å²) in [6.07, 6.45) is 0.825. The Morgan fingerprint density at radius 2 is 2.00 bits per heavy atom. The summed E-state index contributed by atoms with van der Waals surface area (Å²) in [6, 6.07) is 14.0. The second kappa shape index (κ2) is 7.01. The molecule has 3 aromatic rings. The minimum absolute atomic E-state index is 0.000250. The van der Waals surface area contributed by atoms with Crippen LogP contribution in [-0.4, -0.2) is 23.0 Å². The van der Waals surface area contributed by atoms with Gasteiger partial charge in [-0.25, -0.2) is 0 Å². The molecule has 0 bridgehead atoms. The molecule has 0 aliphatic carbocycles. The van der Waals surface area contributed by atoms with Gasteiger partial charge in [0.05, 0.1) is 17.1 Å². The van der Waals surface area contributed by atoms with E-state index >= 15 is 0 Å². The number of benzene rings is 1. The van der Waals surface area contributed by atoms with Crippen molar-refractivity contribution in [2.75, 3.05) is 7.05 Å². The van der Waals surface area contributed by atoms with Gasteiger partial charge >= 0.3 is 0 Å². The molecule has 2 heterocycles. The van der Waals surface area contributed by atoms with E-state index in [4.69, 9.17) is 4.52 Å². The van der Waals surface area contributed by atoms with Gasteiger partial charge in [0, 0.05) is 18.0 Å². The van der Waals surface area contributed by atoms with E-state index in [0.717, 1.165) is 33.0 Å². The summed E-state index contributed by atoms with van der Waals surface area (Å²) in [7, 11) is 1.79. The van der Waals surface area contributed by atoms with Crippen LogP contribution in [0.25, 0.3) is 10.4 Å². The Balaban J connectivity index is 1.77. The third-order valence-electron chi connectivity index (χ3n) is 3.87. The number of nitrogens with zero attached hydrogens (tertiary/aromatic N) is 2. The first kappa shape index (κ1) is 16.5. The molecule has 4 nitrogen and oxygen atoms in total. The lowest BCUT2D eigenvalue weighted by Gasteiger charge is -2.13. The lowest BCUT2D eigenvalue weighted by Crippen LogP contribution is -2.25. The molecule has 3 rings (SSSR count). The molecule has 0 unspecified atom stereocenters. The van der Waals surface area contributed by atoms with E-state index in [2.05, 4.69) is 17.3 Å². The summed E-state index contributed by atoms with van der Waals surface area (Å²) in [5.41, 5.74) is 3.17. The van der Waals surface area contributed by atoms with Crippen LogP contribution in [0.5, 0.6) is 0 Å². The predicted molar refractivity (Wildman–Crippen MR) is 96.2 cm³/mol. The SMILES string of the molecule is CCc1cc(CN(C)C(=O)c2cc(C)c(-c3ccccc3)s2)on1. The first-order chi connectivity index (χ1) is 11.6. The average Bonchev–Trinajstić information content (AvgIpc) is 3.21. The van der Waals surface area contributed by atoms with Gasteiger partial charge < -0.3 is 9.42 Å². The molecule has 1 aromatic carbocycles. The lowest BCUT2D eigenvalue weighted by atomic mass is 10.1. The number of carbonyl (C=O) groups excluding carboxylic acids is 1. The van der Waals surface area contributed by atoms with Gasteiger partial charge in [-0.2, -0.15) is 0 Å². The minimum Gasteiger partial charge on any atom is -0.359 e. The second-order valence-corrected chi connectivity index (χ2v) is 6.84. The monoisotopic (exact) mass is 340 g/mol. The van der Waals surface area contributed by atoms with Crippen LogP contribution in [0, 0.1) is 6.92 Å². The molecule has 124 valence electrons. The molecule has 2 aromatic heterocycles. The van der Waals surface area contributed by atoms with Crippen LogP contribution >= 0.6 is 11.3 Å². The van der Waals surface area contributed by atoms with Crippen LogP contribution in [0.1, 0.15) is 33.6 Å². The number of thiophene rings is 1. The highest BCUT2D eigenvalue weighted by molar-refractivity contribution is 7.17.